The first-order chi connectivity index (χ1) is 14.5. The van der Waals surface area contributed by atoms with Crippen LogP contribution in [0.5, 0.6) is 17.2 Å². The van der Waals surface area contributed by atoms with Gasteiger partial charge in [-0.2, -0.15) is 0 Å². The Kier molecular flexibility index (Phi) is 7.07. The van der Waals surface area contributed by atoms with E-state index in [0.717, 1.165) is 12.1 Å². The molecule has 0 saturated carbocycles. The van der Waals surface area contributed by atoms with Crippen LogP contribution in [0.2, 0.25) is 0 Å². The number of nitrogens with zero attached hydrogens (tertiary/aromatic N) is 1. The van der Waals surface area contributed by atoms with E-state index in [4.69, 9.17) is 18.9 Å². The molecular weight excluding hydrogens is 400 g/mol. The summed E-state index contributed by atoms with van der Waals surface area (Å²) in [5.41, 5.74) is 0.674. The van der Waals surface area contributed by atoms with Gasteiger partial charge in [0.2, 0.25) is 0 Å². The number of hydrogen-bond donors (Lipinski definition) is 1. The predicted molar refractivity (Wildman–Crippen MR) is 103 cm³/mol. The van der Waals surface area contributed by atoms with Crippen molar-refractivity contribution in [2.24, 2.45) is 0 Å². The standard InChI is InChI=1S/C21H23F2NO6/c1-27-17-5-3-13(9-18(17)28-2)21-19(11-25)29-8-7-24(21)20(26)12-30-16-6-4-14(22)10-15(16)23/h3-6,9-10,19,21,25H,7-8,11-12H2,1-2H3/t19-,21-/m1/s1. The van der Waals surface area contributed by atoms with Crippen molar-refractivity contribution in [2.75, 3.05) is 40.6 Å². The third-order valence-electron chi connectivity index (χ3n) is 4.85. The summed E-state index contributed by atoms with van der Waals surface area (Å²) >= 11 is 0. The summed E-state index contributed by atoms with van der Waals surface area (Å²) in [6.45, 7) is -0.282. The highest BCUT2D eigenvalue weighted by atomic mass is 19.1. The second kappa shape index (κ2) is 9.73. The number of carbonyl (C=O) groups is 1. The van der Waals surface area contributed by atoms with Gasteiger partial charge in [-0.1, -0.05) is 6.07 Å². The highest BCUT2D eigenvalue weighted by molar-refractivity contribution is 5.78. The number of aliphatic hydroxyl groups excluding tert-OH is 1. The van der Waals surface area contributed by atoms with E-state index >= 15 is 0 Å². The summed E-state index contributed by atoms with van der Waals surface area (Å²) in [6.07, 6.45) is -0.664. The Bertz CT molecular complexity index is 894. The van der Waals surface area contributed by atoms with Gasteiger partial charge in [0.05, 0.1) is 33.5 Å². The van der Waals surface area contributed by atoms with E-state index in [9.17, 15) is 18.7 Å². The second-order valence-corrected chi connectivity index (χ2v) is 6.60. The zero-order valence-corrected chi connectivity index (χ0v) is 16.6. The minimum atomic E-state index is -0.894. The topological polar surface area (TPSA) is 77.5 Å². The van der Waals surface area contributed by atoms with Crippen LogP contribution in [0, 0.1) is 11.6 Å². The van der Waals surface area contributed by atoms with E-state index < -0.39 is 36.3 Å². The van der Waals surface area contributed by atoms with Crippen LogP contribution in [-0.2, 0) is 9.53 Å². The van der Waals surface area contributed by atoms with Crippen molar-refractivity contribution in [1.82, 2.24) is 4.90 Å². The van der Waals surface area contributed by atoms with Gasteiger partial charge in [-0.3, -0.25) is 4.79 Å². The van der Waals surface area contributed by atoms with E-state index in [-0.39, 0.29) is 25.5 Å². The number of amides is 1. The molecule has 1 aliphatic heterocycles. The normalized spacial score (nSPS) is 18.8. The van der Waals surface area contributed by atoms with Gasteiger partial charge in [0.15, 0.2) is 29.7 Å². The Morgan fingerprint density at radius 1 is 1.13 bits per heavy atom. The van der Waals surface area contributed by atoms with Crippen molar-refractivity contribution in [1.29, 1.82) is 0 Å². The molecule has 3 rings (SSSR count). The molecule has 30 heavy (non-hydrogen) atoms. The van der Waals surface area contributed by atoms with E-state index in [1.165, 1.54) is 19.1 Å². The van der Waals surface area contributed by atoms with Crippen molar-refractivity contribution >= 4 is 5.91 Å². The number of hydrogen-bond acceptors (Lipinski definition) is 6. The molecule has 1 heterocycles. The molecule has 2 aromatic rings. The SMILES string of the molecule is COc1ccc([C@@H]2[C@@H](CO)OCCN2C(=O)COc2ccc(F)cc2F)cc1OC. The molecule has 2 atom stereocenters. The Morgan fingerprint density at radius 3 is 2.53 bits per heavy atom. The van der Waals surface area contributed by atoms with E-state index in [1.54, 1.807) is 18.2 Å². The first-order valence-electron chi connectivity index (χ1n) is 9.30. The number of carbonyl (C=O) groups excluding carboxylic acids is 1. The molecule has 1 amide bonds. The number of aliphatic hydroxyl groups is 1. The molecule has 0 unspecified atom stereocenters. The number of benzene rings is 2. The Labute approximate surface area is 172 Å². The molecule has 1 aliphatic rings. The monoisotopic (exact) mass is 423 g/mol. The highest BCUT2D eigenvalue weighted by Gasteiger charge is 2.36. The molecule has 7 nitrogen and oxygen atoms in total. The van der Waals surface area contributed by atoms with Crippen LogP contribution in [0.15, 0.2) is 36.4 Å². The average molecular weight is 423 g/mol. The molecule has 0 spiro atoms. The molecule has 0 radical (unpaired) electrons. The van der Waals surface area contributed by atoms with Crippen molar-refractivity contribution < 1.29 is 37.6 Å². The molecular formula is C21H23F2NO6. The van der Waals surface area contributed by atoms with Crippen molar-refractivity contribution in [3.63, 3.8) is 0 Å². The van der Waals surface area contributed by atoms with Gasteiger partial charge in [0, 0.05) is 12.6 Å². The third kappa shape index (κ3) is 4.63. The Morgan fingerprint density at radius 2 is 1.87 bits per heavy atom. The number of methoxy groups -OCH3 is 2. The zero-order valence-electron chi connectivity index (χ0n) is 16.6. The number of morpholine rings is 1. The average Bonchev–Trinajstić information content (AvgIpc) is 2.77. The first-order valence-corrected chi connectivity index (χ1v) is 9.30. The summed E-state index contributed by atoms with van der Waals surface area (Å²) in [5, 5.41) is 9.78. The van der Waals surface area contributed by atoms with Crippen LogP contribution in [-0.4, -0.2) is 62.6 Å². The number of halogens is 2. The molecule has 1 fully saturated rings. The van der Waals surface area contributed by atoms with Crippen molar-refractivity contribution in [3.05, 3.63) is 53.6 Å². The van der Waals surface area contributed by atoms with E-state index in [1.807, 2.05) is 0 Å². The van der Waals surface area contributed by atoms with Crippen LogP contribution >= 0.6 is 0 Å². The first kappa shape index (κ1) is 21.8. The summed E-state index contributed by atoms with van der Waals surface area (Å²) in [4.78, 5) is 14.4. The van der Waals surface area contributed by atoms with Crippen LogP contribution in [0.1, 0.15) is 11.6 Å². The van der Waals surface area contributed by atoms with Crippen molar-refractivity contribution in [3.8, 4) is 17.2 Å². The van der Waals surface area contributed by atoms with Crippen LogP contribution < -0.4 is 14.2 Å². The maximum atomic E-state index is 13.8. The molecule has 2 aromatic carbocycles. The summed E-state index contributed by atoms with van der Waals surface area (Å²) in [7, 11) is 3.01. The molecule has 162 valence electrons. The molecule has 1 N–H and O–H groups in total. The molecule has 0 bridgehead atoms. The lowest BCUT2D eigenvalue weighted by Gasteiger charge is -2.41. The quantitative estimate of drug-likeness (QED) is 0.737. The fraction of sp³-hybridized carbons (Fsp3) is 0.381. The fourth-order valence-electron chi connectivity index (χ4n) is 3.41. The third-order valence-corrected chi connectivity index (χ3v) is 4.85. The largest absolute Gasteiger partial charge is 0.493 e. The lowest BCUT2D eigenvalue weighted by atomic mass is 9.97. The Balaban J connectivity index is 1.83. The summed E-state index contributed by atoms with van der Waals surface area (Å²) in [6, 6.07) is 7.40. The fourth-order valence-corrected chi connectivity index (χ4v) is 3.41. The van der Waals surface area contributed by atoms with Gasteiger partial charge < -0.3 is 29.0 Å². The zero-order chi connectivity index (χ0) is 21.7. The number of ether oxygens (including phenoxy) is 4. The van der Waals surface area contributed by atoms with Gasteiger partial charge >= 0.3 is 0 Å². The van der Waals surface area contributed by atoms with Crippen LogP contribution in [0.4, 0.5) is 8.78 Å². The predicted octanol–water partition coefficient (Wildman–Crippen LogP) is 2.32. The van der Waals surface area contributed by atoms with Gasteiger partial charge in [-0.05, 0) is 29.8 Å². The van der Waals surface area contributed by atoms with Gasteiger partial charge in [0.1, 0.15) is 11.9 Å². The second-order valence-electron chi connectivity index (χ2n) is 6.60. The summed E-state index contributed by atoms with van der Waals surface area (Å²) < 4.78 is 48.3. The maximum Gasteiger partial charge on any atom is 0.261 e. The molecule has 1 saturated heterocycles. The molecule has 9 heteroatoms. The van der Waals surface area contributed by atoms with E-state index in [0.29, 0.717) is 23.1 Å². The molecule has 0 aromatic heterocycles. The van der Waals surface area contributed by atoms with E-state index in [2.05, 4.69) is 0 Å². The van der Waals surface area contributed by atoms with Gasteiger partial charge in [-0.25, -0.2) is 8.78 Å². The van der Waals surface area contributed by atoms with Crippen molar-refractivity contribution in [2.45, 2.75) is 12.1 Å². The maximum absolute atomic E-state index is 13.8. The minimum Gasteiger partial charge on any atom is -0.493 e. The van der Waals surface area contributed by atoms with Gasteiger partial charge in [0.25, 0.3) is 5.91 Å². The number of rotatable bonds is 7. The minimum absolute atomic E-state index is 0.223. The van der Waals surface area contributed by atoms with Crippen LogP contribution in [0.25, 0.3) is 0 Å². The summed E-state index contributed by atoms with van der Waals surface area (Å²) in [5.74, 6) is -1.30. The van der Waals surface area contributed by atoms with Crippen LogP contribution in [0.3, 0.4) is 0 Å². The smallest absolute Gasteiger partial charge is 0.261 e. The van der Waals surface area contributed by atoms with Gasteiger partial charge in [-0.15, -0.1) is 0 Å². The lowest BCUT2D eigenvalue weighted by molar-refractivity contribution is -0.152. The highest BCUT2D eigenvalue weighted by Crippen LogP contribution is 2.35. The Hall–Kier alpha value is -2.91. The molecule has 0 aliphatic carbocycles. The lowest BCUT2D eigenvalue weighted by Crippen LogP contribution is -2.50.